The Balaban J connectivity index is 1.65. The number of aryl methyl sites for hydroxylation is 1. The van der Waals surface area contributed by atoms with Crippen molar-refractivity contribution in [1.29, 1.82) is 0 Å². The molecule has 3 aromatic rings. The van der Waals surface area contributed by atoms with Crippen LogP contribution < -0.4 is 5.32 Å². The maximum atomic E-state index is 13.0. The maximum Gasteiger partial charge on any atom is 0.243 e. The van der Waals surface area contributed by atoms with E-state index >= 15 is 0 Å². The number of aromatic nitrogens is 3. The van der Waals surface area contributed by atoms with Gasteiger partial charge in [-0.2, -0.15) is 0 Å². The number of terminal acetylenes is 1. The topological polar surface area (TPSA) is 63.1 Å². The summed E-state index contributed by atoms with van der Waals surface area (Å²) in [6.45, 7) is 1.34. The third-order valence-corrected chi connectivity index (χ3v) is 6.11. The second kappa shape index (κ2) is 8.60. The van der Waals surface area contributed by atoms with E-state index in [1.54, 1.807) is 6.20 Å². The minimum Gasteiger partial charge on any atom is -0.333 e. The van der Waals surface area contributed by atoms with Crippen LogP contribution in [0.1, 0.15) is 19.3 Å². The minimum atomic E-state index is -0.208. The molecule has 0 bridgehead atoms. The molecule has 1 atom stereocenters. The number of benzene rings is 1. The number of amides is 1. The molecule has 0 radical (unpaired) electrons. The smallest absolute Gasteiger partial charge is 0.243 e. The lowest BCUT2D eigenvalue weighted by Gasteiger charge is -2.32. The Labute approximate surface area is 174 Å². The summed E-state index contributed by atoms with van der Waals surface area (Å²) >= 11 is 1.45. The molecule has 1 aliphatic heterocycles. The minimum absolute atomic E-state index is 0.0419. The van der Waals surface area contributed by atoms with Crippen LogP contribution in [0.25, 0.3) is 22.0 Å². The van der Waals surface area contributed by atoms with Crippen LogP contribution in [0.4, 0.5) is 5.13 Å². The third kappa shape index (κ3) is 4.09. The van der Waals surface area contributed by atoms with Crippen molar-refractivity contribution in [1.82, 2.24) is 19.4 Å². The van der Waals surface area contributed by atoms with Crippen molar-refractivity contribution in [2.24, 2.45) is 7.05 Å². The van der Waals surface area contributed by atoms with E-state index in [0.29, 0.717) is 11.7 Å². The Morgan fingerprint density at radius 2 is 2.17 bits per heavy atom. The normalized spacial score (nSPS) is 17.0. The second-order valence-electron chi connectivity index (χ2n) is 7.10. The molecule has 0 aliphatic carbocycles. The van der Waals surface area contributed by atoms with Crippen molar-refractivity contribution in [3.8, 4) is 34.3 Å². The molecule has 7 heteroatoms. The Bertz CT molecular complexity index is 1030. The Morgan fingerprint density at radius 3 is 2.90 bits per heavy atom. The average Bonchev–Trinajstić information content (AvgIpc) is 3.35. The summed E-state index contributed by atoms with van der Waals surface area (Å²) < 4.78 is 1.96. The van der Waals surface area contributed by atoms with Crippen LogP contribution >= 0.6 is 11.3 Å². The molecular weight excluding hydrogens is 382 g/mol. The molecule has 1 aliphatic rings. The average molecular weight is 406 g/mol. The van der Waals surface area contributed by atoms with E-state index in [9.17, 15) is 4.79 Å². The predicted molar refractivity (Wildman–Crippen MR) is 116 cm³/mol. The van der Waals surface area contributed by atoms with Crippen LogP contribution in [0, 0.1) is 12.3 Å². The van der Waals surface area contributed by atoms with Gasteiger partial charge in [0, 0.05) is 25.0 Å². The lowest BCUT2D eigenvalue weighted by Crippen LogP contribution is -2.47. The van der Waals surface area contributed by atoms with Crippen LogP contribution in [-0.2, 0) is 11.8 Å². The second-order valence-corrected chi connectivity index (χ2v) is 8.10. The van der Waals surface area contributed by atoms with Gasteiger partial charge in [0.05, 0.1) is 23.2 Å². The molecule has 1 aromatic carbocycles. The van der Waals surface area contributed by atoms with Gasteiger partial charge in [-0.3, -0.25) is 9.69 Å². The van der Waals surface area contributed by atoms with E-state index in [0.717, 1.165) is 47.8 Å². The van der Waals surface area contributed by atoms with Gasteiger partial charge < -0.3 is 9.88 Å². The highest BCUT2D eigenvalue weighted by molar-refractivity contribution is 7.19. The summed E-state index contributed by atoms with van der Waals surface area (Å²) in [6, 6.07) is 9.76. The Hall–Kier alpha value is -2.95. The van der Waals surface area contributed by atoms with E-state index in [1.165, 1.54) is 11.3 Å². The first-order chi connectivity index (χ1) is 14.2. The van der Waals surface area contributed by atoms with Crippen molar-refractivity contribution in [2.75, 3.05) is 18.4 Å². The lowest BCUT2D eigenvalue weighted by atomic mass is 10.0. The first kappa shape index (κ1) is 19.4. The summed E-state index contributed by atoms with van der Waals surface area (Å²) in [5.41, 5.74) is 1.82. The van der Waals surface area contributed by atoms with Crippen molar-refractivity contribution >= 4 is 22.4 Å². The van der Waals surface area contributed by atoms with Crippen molar-refractivity contribution < 1.29 is 4.79 Å². The maximum absolute atomic E-state index is 13.0. The number of rotatable bonds is 5. The highest BCUT2D eigenvalue weighted by atomic mass is 32.1. The largest absolute Gasteiger partial charge is 0.333 e. The van der Waals surface area contributed by atoms with E-state index < -0.39 is 0 Å². The van der Waals surface area contributed by atoms with E-state index in [1.807, 2.05) is 48.1 Å². The molecule has 0 spiro atoms. The number of piperidine rings is 1. The van der Waals surface area contributed by atoms with Crippen LogP contribution in [0.15, 0.2) is 42.7 Å². The highest BCUT2D eigenvalue weighted by Crippen LogP contribution is 2.38. The summed E-state index contributed by atoms with van der Waals surface area (Å²) in [6.07, 6.45) is 12.1. The summed E-state index contributed by atoms with van der Waals surface area (Å²) in [5.74, 6) is 3.45. The fourth-order valence-corrected chi connectivity index (χ4v) is 4.71. The van der Waals surface area contributed by atoms with E-state index in [4.69, 9.17) is 11.4 Å². The summed E-state index contributed by atoms with van der Waals surface area (Å²) in [4.78, 5) is 25.2. The molecule has 1 amide bonds. The molecule has 1 saturated heterocycles. The summed E-state index contributed by atoms with van der Waals surface area (Å²) in [5, 5.41) is 3.61. The summed E-state index contributed by atoms with van der Waals surface area (Å²) in [7, 11) is 1.95. The zero-order chi connectivity index (χ0) is 20.2. The standard InChI is InChI=1S/C22H23N5OS/c1-3-13-27-14-8-7-11-17(27)21(28)25-22-24-18(16-9-5-4-6-10-16)19(29-22)20-23-12-15-26(20)2/h1,4-6,9-10,12,15,17H,7-8,11,13-14H2,2H3,(H,24,25,28). The van der Waals surface area contributed by atoms with Gasteiger partial charge in [-0.15, -0.1) is 6.42 Å². The number of likely N-dealkylation sites (tertiary alicyclic amines) is 1. The molecule has 2 aromatic heterocycles. The molecule has 6 nitrogen and oxygen atoms in total. The molecule has 1 unspecified atom stereocenters. The molecule has 4 rings (SSSR count). The number of thiazole rings is 1. The van der Waals surface area contributed by atoms with Gasteiger partial charge in [0.2, 0.25) is 5.91 Å². The van der Waals surface area contributed by atoms with Gasteiger partial charge in [0.1, 0.15) is 0 Å². The van der Waals surface area contributed by atoms with Crippen LogP contribution in [0.2, 0.25) is 0 Å². The first-order valence-corrected chi connectivity index (χ1v) is 10.5. The van der Waals surface area contributed by atoms with Gasteiger partial charge >= 0.3 is 0 Å². The zero-order valence-electron chi connectivity index (χ0n) is 16.3. The van der Waals surface area contributed by atoms with Gasteiger partial charge in [-0.1, -0.05) is 54.0 Å². The van der Waals surface area contributed by atoms with E-state index in [2.05, 4.69) is 21.1 Å². The Kier molecular flexibility index (Phi) is 5.74. The fourth-order valence-electron chi connectivity index (χ4n) is 3.68. The highest BCUT2D eigenvalue weighted by Gasteiger charge is 2.29. The van der Waals surface area contributed by atoms with Crippen molar-refractivity contribution in [3.63, 3.8) is 0 Å². The quantitative estimate of drug-likeness (QED) is 0.659. The zero-order valence-corrected chi connectivity index (χ0v) is 17.2. The third-order valence-electron chi connectivity index (χ3n) is 5.14. The fraction of sp³-hybridized carbons (Fsp3) is 0.318. The first-order valence-electron chi connectivity index (χ1n) is 9.69. The van der Waals surface area contributed by atoms with Gasteiger partial charge in [-0.25, -0.2) is 9.97 Å². The number of anilines is 1. The number of nitrogens with zero attached hydrogens (tertiary/aromatic N) is 4. The lowest BCUT2D eigenvalue weighted by molar-refractivity contribution is -0.122. The molecular formula is C22H23N5OS. The monoisotopic (exact) mass is 405 g/mol. The number of nitrogens with one attached hydrogen (secondary N) is 1. The SMILES string of the molecule is C#CCN1CCCCC1C(=O)Nc1nc(-c2ccccc2)c(-c2nccn2C)s1. The molecule has 1 fully saturated rings. The van der Waals surface area contributed by atoms with Crippen LogP contribution in [0.3, 0.4) is 0 Å². The predicted octanol–water partition coefficient (Wildman–Crippen LogP) is 3.64. The number of imidazole rings is 1. The van der Waals surface area contributed by atoms with Crippen molar-refractivity contribution in [3.05, 3.63) is 42.7 Å². The van der Waals surface area contributed by atoms with Crippen molar-refractivity contribution in [2.45, 2.75) is 25.3 Å². The van der Waals surface area contributed by atoms with Gasteiger partial charge in [0.25, 0.3) is 0 Å². The van der Waals surface area contributed by atoms with Crippen LogP contribution in [-0.4, -0.2) is 44.5 Å². The molecule has 0 saturated carbocycles. The van der Waals surface area contributed by atoms with Crippen LogP contribution in [0.5, 0.6) is 0 Å². The Morgan fingerprint density at radius 1 is 1.34 bits per heavy atom. The molecule has 148 valence electrons. The van der Waals surface area contributed by atoms with E-state index in [-0.39, 0.29) is 11.9 Å². The molecule has 3 heterocycles. The number of hydrogen-bond acceptors (Lipinski definition) is 5. The van der Waals surface area contributed by atoms with Gasteiger partial charge in [-0.05, 0) is 19.4 Å². The number of hydrogen-bond donors (Lipinski definition) is 1. The number of carbonyl (C=O) groups excluding carboxylic acids is 1. The molecule has 29 heavy (non-hydrogen) atoms. The molecule has 1 N–H and O–H groups in total. The van der Waals surface area contributed by atoms with Gasteiger partial charge in [0.15, 0.2) is 11.0 Å². The number of carbonyl (C=O) groups is 1.